The van der Waals surface area contributed by atoms with Crippen LogP contribution in [-0.4, -0.2) is 24.6 Å². The van der Waals surface area contributed by atoms with Gasteiger partial charge in [-0.05, 0) is 48.2 Å². The van der Waals surface area contributed by atoms with Crippen molar-refractivity contribution in [1.29, 1.82) is 0 Å². The maximum atomic E-state index is 12.7. The first-order valence-corrected chi connectivity index (χ1v) is 10.1. The number of methoxy groups -OCH3 is 2. The largest absolute Gasteiger partial charge is 0.493 e. The Morgan fingerprint density at radius 2 is 1.68 bits per heavy atom. The third kappa shape index (κ3) is 3.24. The molecule has 2 aromatic carbocycles. The van der Waals surface area contributed by atoms with Crippen molar-refractivity contribution in [2.75, 3.05) is 14.2 Å². The molecule has 1 aliphatic carbocycles. The number of benzene rings is 2. The summed E-state index contributed by atoms with van der Waals surface area (Å²) in [7, 11) is 3.26. The Morgan fingerprint density at radius 1 is 0.964 bits per heavy atom. The number of aromatic nitrogens is 1. The lowest BCUT2D eigenvalue weighted by Gasteiger charge is -2.21. The summed E-state index contributed by atoms with van der Waals surface area (Å²) >= 11 is 3.50. The molecule has 1 aromatic heterocycles. The van der Waals surface area contributed by atoms with Crippen molar-refractivity contribution in [3.63, 3.8) is 0 Å². The molecule has 0 unspecified atom stereocenters. The third-order valence-electron chi connectivity index (χ3n) is 5.24. The number of hydrogen-bond donors (Lipinski definition) is 0. The zero-order chi connectivity index (χ0) is 19.8. The van der Waals surface area contributed by atoms with Crippen LogP contribution < -0.4 is 9.47 Å². The van der Waals surface area contributed by atoms with Crippen molar-refractivity contribution >= 4 is 21.7 Å². The van der Waals surface area contributed by atoms with Crippen molar-refractivity contribution in [2.24, 2.45) is 5.92 Å². The Kier molecular flexibility index (Phi) is 5.02. The average Bonchev–Trinajstić information content (AvgIpc) is 3.07. The van der Waals surface area contributed by atoms with Gasteiger partial charge >= 0.3 is 0 Å². The highest BCUT2D eigenvalue weighted by Crippen LogP contribution is 2.38. The molecule has 0 fully saturated rings. The van der Waals surface area contributed by atoms with Crippen molar-refractivity contribution in [2.45, 2.75) is 19.8 Å². The summed E-state index contributed by atoms with van der Waals surface area (Å²) in [5.41, 5.74) is 4.92. The second-order valence-corrected chi connectivity index (χ2v) is 8.12. The van der Waals surface area contributed by atoms with E-state index in [1.165, 1.54) is 0 Å². The highest BCUT2D eigenvalue weighted by atomic mass is 79.9. The smallest absolute Gasteiger partial charge is 0.164 e. The number of nitrogens with zero attached hydrogens (tertiary/aromatic N) is 1. The fraction of sp³-hybridized carbons (Fsp3) is 0.261. The van der Waals surface area contributed by atoms with Crippen LogP contribution >= 0.6 is 15.9 Å². The Morgan fingerprint density at radius 3 is 2.36 bits per heavy atom. The average molecular weight is 440 g/mol. The second kappa shape index (κ2) is 7.47. The van der Waals surface area contributed by atoms with Gasteiger partial charge in [-0.2, -0.15) is 0 Å². The summed E-state index contributed by atoms with van der Waals surface area (Å²) in [6, 6.07) is 16.1. The number of carbonyl (C=O) groups is 1. The van der Waals surface area contributed by atoms with Crippen LogP contribution in [0, 0.1) is 5.92 Å². The molecule has 144 valence electrons. The molecule has 0 spiro atoms. The van der Waals surface area contributed by atoms with Crippen LogP contribution in [0.2, 0.25) is 0 Å². The van der Waals surface area contributed by atoms with Crippen LogP contribution in [0.5, 0.6) is 11.5 Å². The van der Waals surface area contributed by atoms with E-state index in [-0.39, 0.29) is 5.78 Å². The molecule has 1 atom stereocenters. The van der Waals surface area contributed by atoms with E-state index in [2.05, 4.69) is 39.6 Å². The zero-order valence-electron chi connectivity index (χ0n) is 16.2. The number of ketones is 1. The van der Waals surface area contributed by atoms with Crippen molar-refractivity contribution in [3.8, 4) is 28.4 Å². The first-order chi connectivity index (χ1) is 13.5. The minimum Gasteiger partial charge on any atom is -0.493 e. The first kappa shape index (κ1) is 18.8. The molecule has 0 amide bonds. The van der Waals surface area contributed by atoms with E-state index in [1.807, 2.05) is 36.4 Å². The molecule has 0 radical (unpaired) electrons. The lowest BCUT2D eigenvalue weighted by atomic mass is 9.88. The Bertz CT molecular complexity index is 1040. The maximum absolute atomic E-state index is 12.7. The number of hydrogen-bond acceptors (Lipinski definition) is 3. The molecule has 4 rings (SSSR count). The van der Waals surface area contributed by atoms with Crippen LogP contribution in [0.4, 0.5) is 0 Å². The fourth-order valence-electron chi connectivity index (χ4n) is 3.91. The number of ether oxygens (including phenoxy) is 2. The zero-order valence-corrected chi connectivity index (χ0v) is 17.7. The molecule has 28 heavy (non-hydrogen) atoms. The first-order valence-electron chi connectivity index (χ1n) is 9.28. The SMILES string of the molecule is COc1ccc(-n2c(-c3ccc(Br)cc3)cc3c2C[C@H](C)CC3=O)cc1OC. The number of rotatable bonds is 4. The summed E-state index contributed by atoms with van der Waals surface area (Å²) in [5, 5.41) is 0. The van der Waals surface area contributed by atoms with Gasteiger partial charge in [0.05, 0.1) is 19.9 Å². The van der Waals surface area contributed by atoms with E-state index < -0.39 is 0 Å². The van der Waals surface area contributed by atoms with Gasteiger partial charge in [0.1, 0.15) is 0 Å². The topological polar surface area (TPSA) is 40.5 Å². The van der Waals surface area contributed by atoms with Gasteiger partial charge in [-0.3, -0.25) is 4.79 Å². The highest BCUT2D eigenvalue weighted by Gasteiger charge is 2.29. The molecule has 4 nitrogen and oxygen atoms in total. The van der Waals surface area contributed by atoms with E-state index in [1.54, 1.807) is 14.2 Å². The molecular formula is C23H22BrNO3. The monoisotopic (exact) mass is 439 g/mol. The molecule has 1 heterocycles. The summed E-state index contributed by atoms with van der Waals surface area (Å²) in [4.78, 5) is 12.7. The summed E-state index contributed by atoms with van der Waals surface area (Å²) in [6.45, 7) is 2.13. The minimum absolute atomic E-state index is 0.214. The number of fused-ring (bicyclic) bond motifs is 1. The molecule has 0 bridgehead atoms. The van der Waals surface area contributed by atoms with Crippen molar-refractivity contribution in [3.05, 3.63) is 64.3 Å². The van der Waals surface area contributed by atoms with Crippen LogP contribution in [0.15, 0.2) is 53.0 Å². The van der Waals surface area contributed by atoms with Crippen LogP contribution in [0.1, 0.15) is 29.4 Å². The molecular weight excluding hydrogens is 418 g/mol. The van der Waals surface area contributed by atoms with E-state index in [0.29, 0.717) is 23.8 Å². The lowest BCUT2D eigenvalue weighted by Crippen LogP contribution is -2.19. The van der Waals surface area contributed by atoms with E-state index in [4.69, 9.17) is 9.47 Å². The minimum atomic E-state index is 0.214. The predicted octanol–water partition coefficient (Wildman–Crippen LogP) is 5.69. The van der Waals surface area contributed by atoms with Crippen LogP contribution in [-0.2, 0) is 6.42 Å². The van der Waals surface area contributed by atoms with Gasteiger partial charge in [0.2, 0.25) is 0 Å². The van der Waals surface area contributed by atoms with Gasteiger partial charge in [0.15, 0.2) is 17.3 Å². The summed E-state index contributed by atoms with van der Waals surface area (Å²) in [6.07, 6.45) is 1.47. The fourth-order valence-corrected chi connectivity index (χ4v) is 4.18. The maximum Gasteiger partial charge on any atom is 0.164 e. The molecule has 1 aliphatic rings. The van der Waals surface area contributed by atoms with Gasteiger partial charge < -0.3 is 14.0 Å². The van der Waals surface area contributed by atoms with Gasteiger partial charge in [0, 0.05) is 33.9 Å². The molecule has 0 saturated heterocycles. The van der Waals surface area contributed by atoms with Gasteiger partial charge in [-0.25, -0.2) is 0 Å². The van der Waals surface area contributed by atoms with E-state index in [0.717, 1.165) is 39.1 Å². The Labute approximate surface area is 173 Å². The van der Waals surface area contributed by atoms with E-state index >= 15 is 0 Å². The van der Waals surface area contributed by atoms with Crippen molar-refractivity contribution in [1.82, 2.24) is 4.57 Å². The Hall–Kier alpha value is -2.53. The van der Waals surface area contributed by atoms with Crippen LogP contribution in [0.25, 0.3) is 16.9 Å². The molecule has 3 aromatic rings. The number of carbonyl (C=O) groups excluding carboxylic acids is 1. The van der Waals surface area contributed by atoms with Gasteiger partial charge in [-0.1, -0.05) is 35.0 Å². The predicted molar refractivity (Wildman–Crippen MR) is 114 cm³/mol. The highest BCUT2D eigenvalue weighted by molar-refractivity contribution is 9.10. The Balaban J connectivity index is 1.97. The third-order valence-corrected chi connectivity index (χ3v) is 5.77. The molecule has 0 saturated carbocycles. The molecule has 0 N–H and O–H groups in total. The molecule has 5 heteroatoms. The normalized spacial score (nSPS) is 16.0. The van der Waals surface area contributed by atoms with Crippen LogP contribution in [0.3, 0.4) is 0 Å². The quantitative estimate of drug-likeness (QED) is 0.524. The lowest BCUT2D eigenvalue weighted by molar-refractivity contribution is 0.0952. The van der Waals surface area contributed by atoms with Gasteiger partial charge in [-0.15, -0.1) is 0 Å². The van der Waals surface area contributed by atoms with Crippen molar-refractivity contribution < 1.29 is 14.3 Å². The standard InChI is InChI=1S/C23H22BrNO3/c1-14-10-20-18(21(26)11-14)13-19(15-4-6-16(24)7-5-15)25(20)17-8-9-22(27-2)23(12-17)28-3/h4-9,12-14H,10-11H2,1-3H3/t14-/m0/s1. The summed E-state index contributed by atoms with van der Waals surface area (Å²) < 4.78 is 14.1. The van der Waals surface area contributed by atoms with E-state index in [9.17, 15) is 4.79 Å². The summed E-state index contributed by atoms with van der Waals surface area (Å²) in [5.74, 6) is 1.89. The van der Waals surface area contributed by atoms with Gasteiger partial charge in [0.25, 0.3) is 0 Å². The molecule has 0 aliphatic heterocycles. The second-order valence-electron chi connectivity index (χ2n) is 7.21. The number of halogens is 1. The number of Topliss-reactive ketones (excluding diaryl/α,β-unsaturated/α-hetero) is 1.